The lowest BCUT2D eigenvalue weighted by Gasteiger charge is -2.09. The molecule has 0 heterocycles. The quantitative estimate of drug-likeness (QED) is 0.822. The molecular weight excluding hydrogens is 242 g/mol. The summed E-state index contributed by atoms with van der Waals surface area (Å²) in [4.78, 5) is 0. The van der Waals surface area contributed by atoms with Crippen molar-refractivity contribution in [1.82, 2.24) is 0 Å². The molecule has 19 heavy (non-hydrogen) atoms. The Morgan fingerprint density at radius 2 is 1.68 bits per heavy atom. The van der Waals surface area contributed by atoms with Gasteiger partial charge in [0.15, 0.2) is 0 Å². The molecule has 0 atom stereocenters. The van der Waals surface area contributed by atoms with Gasteiger partial charge in [0, 0.05) is 12.1 Å². The van der Waals surface area contributed by atoms with Gasteiger partial charge in [-0.2, -0.15) is 5.26 Å². The van der Waals surface area contributed by atoms with E-state index in [0.717, 1.165) is 0 Å². The van der Waals surface area contributed by atoms with E-state index >= 15 is 0 Å². The van der Waals surface area contributed by atoms with Crippen molar-refractivity contribution in [3.05, 3.63) is 42.0 Å². The Balaban J connectivity index is 2.32. The largest absolute Gasteiger partial charge is 0.497 e. The Morgan fingerprint density at radius 3 is 2.32 bits per heavy atom. The summed E-state index contributed by atoms with van der Waals surface area (Å²) in [5.74, 6) is 1.60. The zero-order chi connectivity index (χ0) is 13.8. The Kier molecular flexibility index (Phi) is 3.44. The summed E-state index contributed by atoms with van der Waals surface area (Å²) in [6, 6.07) is 12.0. The number of hydrogen-bond acceptors (Lipinski definition) is 5. The molecule has 2 rings (SSSR count). The average Bonchev–Trinajstić information content (AvgIpc) is 2.42. The third kappa shape index (κ3) is 2.87. The number of nitrogen functional groups attached to an aromatic ring is 2. The van der Waals surface area contributed by atoms with Crippen molar-refractivity contribution in [3.63, 3.8) is 0 Å². The van der Waals surface area contributed by atoms with E-state index in [-0.39, 0.29) is 0 Å². The lowest BCUT2D eigenvalue weighted by molar-refractivity contribution is 0.409. The average molecular weight is 255 g/mol. The summed E-state index contributed by atoms with van der Waals surface area (Å²) in [5.41, 5.74) is 12.7. The summed E-state index contributed by atoms with van der Waals surface area (Å²) in [5, 5.41) is 8.93. The van der Waals surface area contributed by atoms with E-state index in [4.69, 9.17) is 26.2 Å². The molecule has 96 valence electrons. The first-order chi connectivity index (χ1) is 9.12. The number of nitrogens with zero attached hydrogens (tertiary/aromatic N) is 1. The predicted molar refractivity (Wildman–Crippen MR) is 73.0 cm³/mol. The summed E-state index contributed by atoms with van der Waals surface area (Å²) in [6.07, 6.45) is 0. The van der Waals surface area contributed by atoms with Gasteiger partial charge in [0.1, 0.15) is 17.2 Å². The van der Waals surface area contributed by atoms with E-state index in [0.29, 0.717) is 34.2 Å². The zero-order valence-corrected chi connectivity index (χ0v) is 10.4. The maximum atomic E-state index is 8.93. The minimum atomic E-state index is 0.445. The fraction of sp³-hybridized carbons (Fsp3) is 0.0714. The molecule has 2 aromatic rings. The maximum absolute atomic E-state index is 8.93. The van der Waals surface area contributed by atoms with Crippen LogP contribution in [-0.2, 0) is 0 Å². The van der Waals surface area contributed by atoms with Crippen molar-refractivity contribution in [1.29, 1.82) is 5.26 Å². The number of benzene rings is 2. The Hall–Kier alpha value is -2.87. The van der Waals surface area contributed by atoms with Crippen LogP contribution >= 0.6 is 0 Å². The molecule has 5 nitrogen and oxygen atoms in total. The van der Waals surface area contributed by atoms with Crippen molar-refractivity contribution in [3.8, 4) is 23.3 Å². The molecule has 5 heteroatoms. The van der Waals surface area contributed by atoms with E-state index in [1.54, 1.807) is 36.4 Å². The first-order valence-electron chi connectivity index (χ1n) is 5.54. The number of nitrogens with two attached hydrogens (primary N) is 2. The highest BCUT2D eigenvalue weighted by Crippen LogP contribution is 2.29. The molecule has 0 fully saturated rings. The monoisotopic (exact) mass is 255 g/mol. The highest BCUT2D eigenvalue weighted by molar-refractivity contribution is 5.65. The standard InChI is InChI=1S/C14H13N3O2/c1-18-11-4-9(8-15)5-12(6-11)19-10-2-3-13(16)14(17)7-10/h2-7H,16-17H2,1H3. The van der Waals surface area contributed by atoms with Crippen molar-refractivity contribution in [2.45, 2.75) is 0 Å². The van der Waals surface area contributed by atoms with Crippen LogP contribution in [0.25, 0.3) is 0 Å². The van der Waals surface area contributed by atoms with Crippen molar-refractivity contribution in [2.75, 3.05) is 18.6 Å². The van der Waals surface area contributed by atoms with Gasteiger partial charge in [0.2, 0.25) is 0 Å². The molecule has 4 N–H and O–H groups in total. The highest BCUT2D eigenvalue weighted by Gasteiger charge is 2.05. The molecule has 0 saturated heterocycles. The molecule has 0 aromatic heterocycles. The smallest absolute Gasteiger partial charge is 0.132 e. The van der Waals surface area contributed by atoms with Crippen LogP contribution in [-0.4, -0.2) is 7.11 Å². The Bertz CT molecular complexity index is 648. The summed E-state index contributed by atoms with van der Waals surface area (Å²) in [6.45, 7) is 0. The molecule has 0 aliphatic carbocycles. The lowest BCUT2D eigenvalue weighted by Crippen LogP contribution is -1.95. The SMILES string of the molecule is COc1cc(C#N)cc(Oc2ccc(N)c(N)c2)c1. The topological polar surface area (TPSA) is 94.3 Å². The summed E-state index contributed by atoms with van der Waals surface area (Å²) < 4.78 is 10.7. The predicted octanol–water partition coefficient (Wildman–Crippen LogP) is 2.52. The number of hydrogen-bond donors (Lipinski definition) is 2. The van der Waals surface area contributed by atoms with Crippen LogP contribution in [0.1, 0.15) is 5.56 Å². The molecule has 0 aliphatic rings. The molecular formula is C14H13N3O2. The van der Waals surface area contributed by atoms with Gasteiger partial charge in [-0.25, -0.2) is 0 Å². The van der Waals surface area contributed by atoms with Crippen LogP contribution in [0.3, 0.4) is 0 Å². The van der Waals surface area contributed by atoms with Crippen LogP contribution < -0.4 is 20.9 Å². The third-order valence-electron chi connectivity index (χ3n) is 2.54. The minimum Gasteiger partial charge on any atom is -0.497 e. The molecule has 0 radical (unpaired) electrons. The molecule has 0 amide bonds. The van der Waals surface area contributed by atoms with Gasteiger partial charge >= 0.3 is 0 Å². The van der Waals surface area contributed by atoms with Crippen molar-refractivity contribution < 1.29 is 9.47 Å². The Labute approximate surface area is 111 Å². The van der Waals surface area contributed by atoms with Crippen molar-refractivity contribution >= 4 is 11.4 Å². The molecule has 0 aliphatic heterocycles. The van der Waals surface area contributed by atoms with E-state index < -0.39 is 0 Å². The fourth-order valence-corrected chi connectivity index (χ4v) is 1.57. The van der Waals surface area contributed by atoms with Gasteiger partial charge < -0.3 is 20.9 Å². The normalized spacial score (nSPS) is 9.68. The van der Waals surface area contributed by atoms with E-state index in [2.05, 4.69) is 0 Å². The van der Waals surface area contributed by atoms with Gasteiger partial charge in [-0.1, -0.05) is 0 Å². The lowest BCUT2D eigenvalue weighted by atomic mass is 10.2. The maximum Gasteiger partial charge on any atom is 0.132 e. The van der Waals surface area contributed by atoms with Gasteiger partial charge in [-0.15, -0.1) is 0 Å². The van der Waals surface area contributed by atoms with Crippen LogP contribution in [0.2, 0.25) is 0 Å². The van der Waals surface area contributed by atoms with Crippen LogP contribution in [0.15, 0.2) is 36.4 Å². The number of rotatable bonds is 3. The fourth-order valence-electron chi connectivity index (χ4n) is 1.57. The first kappa shape index (κ1) is 12.6. The number of nitriles is 1. The molecule has 2 aromatic carbocycles. The summed E-state index contributed by atoms with van der Waals surface area (Å²) >= 11 is 0. The summed E-state index contributed by atoms with van der Waals surface area (Å²) in [7, 11) is 1.53. The van der Waals surface area contributed by atoms with E-state index in [1.807, 2.05) is 6.07 Å². The van der Waals surface area contributed by atoms with Gasteiger partial charge in [0.05, 0.1) is 30.1 Å². The van der Waals surface area contributed by atoms with E-state index in [9.17, 15) is 0 Å². The van der Waals surface area contributed by atoms with Gasteiger partial charge in [-0.3, -0.25) is 0 Å². The molecule has 0 bridgehead atoms. The first-order valence-corrected chi connectivity index (χ1v) is 5.54. The van der Waals surface area contributed by atoms with Crippen LogP contribution in [0, 0.1) is 11.3 Å². The van der Waals surface area contributed by atoms with Gasteiger partial charge in [0.25, 0.3) is 0 Å². The molecule has 0 saturated carbocycles. The second-order valence-electron chi connectivity index (χ2n) is 3.90. The highest BCUT2D eigenvalue weighted by atomic mass is 16.5. The van der Waals surface area contributed by atoms with Gasteiger partial charge in [-0.05, 0) is 24.3 Å². The van der Waals surface area contributed by atoms with Crippen LogP contribution in [0.5, 0.6) is 17.2 Å². The van der Waals surface area contributed by atoms with Crippen LogP contribution in [0.4, 0.5) is 11.4 Å². The number of anilines is 2. The molecule has 0 spiro atoms. The Morgan fingerprint density at radius 1 is 0.947 bits per heavy atom. The number of methoxy groups -OCH3 is 1. The number of ether oxygens (including phenoxy) is 2. The second kappa shape index (κ2) is 5.19. The molecule has 0 unspecified atom stereocenters. The third-order valence-corrected chi connectivity index (χ3v) is 2.54. The van der Waals surface area contributed by atoms with E-state index in [1.165, 1.54) is 7.11 Å². The van der Waals surface area contributed by atoms with Crippen molar-refractivity contribution in [2.24, 2.45) is 0 Å². The minimum absolute atomic E-state index is 0.445. The zero-order valence-electron chi connectivity index (χ0n) is 10.4. The second-order valence-corrected chi connectivity index (χ2v) is 3.90.